The third kappa shape index (κ3) is 59.4. The van der Waals surface area contributed by atoms with Crippen LogP contribution in [0, 0.1) is 0 Å². The average molecular weight is 1120 g/mol. The fourth-order valence-corrected chi connectivity index (χ4v) is 11.4. The Labute approximate surface area is 486 Å². The van der Waals surface area contributed by atoms with Gasteiger partial charge in [-0.25, -0.2) is 4.57 Å². The number of carbonyl (C=O) groups excluding carboxylic acids is 2. The van der Waals surface area contributed by atoms with Crippen molar-refractivity contribution in [3.8, 4) is 0 Å². The van der Waals surface area contributed by atoms with Crippen LogP contribution in [0.15, 0.2) is 12.2 Å². The SMILES string of the molecule is CCCCCCCCCCCC/C=C/C(OC(=O)CCCCCCCCCCCCCCCCCCCCC)C(COP(=O)(O)OCC[N+](C)(C)C)NC(=O)CCCCCCCCCCCCCCCCCCCCCCC. The second-order valence-electron chi connectivity index (χ2n) is 25.1. The summed E-state index contributed by atoms with van der Waals surface area (Å²) in [7, 11) is 1.52. The van der Waals surface area contributed by atoms with E-state index in [1.807, 2.05) is 27.2 Å². The van der Waals surface area contributed by atoms with Gasteiger partial charge in [-0.2, -0.15) is 0 Å². The molecule has 10 heteroatoms. The van der Waals surface area contributed by atoms with Crippen molar-refractivity contribution in [2.45, 2.75) is 373 Å². The number of esters is 1. The number of quaternary nitrogens is 1. The van der Waals surface area contributed by atoms with E-state index in [0.29, 0.717) is 23.9 Å². The molecule has 0 spiro atoms. The molecule has 0 saturated heterocycles. The number of phosphoric acid groups is 1. The zero-order valence-corrected chi connectivity index (χ0v) is 54.1. The number of hydrogen-bond acceptors (Lipinski definition) is 6. The largest absolute Gasteiger partial charge is 0.472 e. The van der Waals surface area contributed by atoms with Crippen LogP contribution in [0.5, 0.6) is 0 Å². The number of carbonyl (C=O) groups is 2. The van der Waals surface area contributed by atoms with Gasteiger partial charge in [-0.3, -0.25) is 18.6 Å². The van der Waals surface area contributed by atoms with Gasteiger partial charge in [0.1, 0.15) is 19.3 Å². The summed E-state index contributed by atoms with van der Waals surface area (Å²) in [4.78, 5) is 37.8. The summed E-state index contributed by atoms with van der Waals surface area (Å²) in [5, 5.41) is 3.08. The second-order valence-corrected chi connectivity index (χ2v) is 26.5. The minimum absolute atomic E-state index is 0.0460. The molecule has 0 aromatic rings. The van der Waals surface area contributed by atoms with Crippen LogP contribution in [-0.2, 0) is 27.9 Å². The minimum atomic E-state index is -4.44. The van der Waals surface area contributed by atoms with Gasteiger partial charge in [-0.15, -0.1) is 0 Å². The van der Waals surface area contributed by atoms with Crippen LogP contribution in [-0.4, -0.2) is 74.3 Å². The maximum atomic E-state index is 13.6. The van der Waals surface area contributed by atoms with E-state index in [1.165, 1.54) is 270 Å². The Morgan fingerprint density at radius 2 is 0.731 bits per heavy atom. The zero-order chi connectivity index (χ0) is 57.2. The van der Waals surface area contributed by atoms with Crippen LogP contribution in [0.1, 0.15) is 361 Å². The van der Waals surface area contributed by atoms with Gasteiger partial charge < -0.3 is 19.4 Å². The van der Waals surface area contributed by atoms with E-state index in [4.69, 9.17) is 13.8 Å². The molecule has 3 atom stereocenters. The van der Waals surface area contributed by atoms with Crippen molar-refractivity contribution < 1.29 is 37.3 Å². The Bertz CT molecular complexity index is 1340. The van der Waals surface area contributed by atoms with E-state index < -0.39 is 20.0 Å². The molecular weight excluding hydrogens is 988 g/mol. The first-order valence-corrected chi connectivity index (χ1v) is 36.0. The fourth-order valence-electron chi connectivity index (χ4n) is 10.7. The smallest absolute Gasteiger partial charge is 0.456 e. The van der Waals surface area contributed by atoms with Gasteiger partial charge in [0.15, 0.2) is 0 Å². The van der Waals surface area contributed by atoms with E-state index >= 15 is 0 Å². The third-order valence-corrected chi connectivity index (χ3v) is 17.0. The van der Waals surface area contributed by atoms with Crippen LogP contribution in [0.25, 0.3) is 0 Å². The first-order chi connectivity index (χ1) is 37.9. The number of hydrogen-bond donors (Lipinski definition) is 2. The predicted molar refractivity (Wildman–Crippen MR) is 337 cm³/mol. The number of nitrogens with zero attached hydrogens (tertiary/aromatic N) is 1. The molecule has 0 aliphatic rings. The van der Waals surface area contributed by atoms with Gasteiger partial charge in [0.25, 0.3) is 0 Å². The molecule has 0 aliphatic heterocycles. The van der Waals surface area contributed by atoms with Crippen molar-refractivity contribution >= 4 is 19.7 Å². The lowest BCUT2D eigenvalue weighted by Crippen LogP contribution is -2.47. The van der Waals surface area contributed by atoms with E-state index in [-0.39, 0.29) is 25.1 Å². The Morgan fingerprint density at radius 3 is 1.05 bits per heavy atom. The van der Waals surface area contributed by atoms with E-state index in [1.54, 1.807) is 0 Å². The number of unbranched alkanes of at least 4 members (excludes halogenated alkanes) is 48. The Hall–Kier alpha value is -1.25. The molecule has 0 rings (SSSR count). The molecule has 0 aromatic carbocycles. The van der Waals surface area contributed by atoms with Gasteiger partial charge in [0.05, 0.1) is 33.8 Å². The molecule has 3 unspecified atom stereocenters. The molecule has 9 nitrogen and oxygen atoms in total. The second kappa shape index (κ2) is 58.9. The number of rotatable bonds is 64. The maximum Gasteiger partial charge on any atom is 0.472 e. The number of phosphoric ester groups is 1. The summed E-state index contributed by atoms with van der Waals surface area (Å²) in [5.74, 6) is -0.478. The highest BCUT2D eigenvalue weighted by Crippen LogP contribution is 2.43. The number of allylic oxidation sites excluding steroid dienone is 1. The maximum absolute atomic E-state index is 13.6. The fraction of sp³-hybridized carbons (Fsp3) is 0.941. The van der Waals surface area contributed by atoms with Crippen LogP contribution < -0.4 is 5.32 Å². The molecule has 0 aromatic heterocycles. The predicted octanol–water partition coefficient (Wildman–Crippen LogP) is 21.5. The summed E-state index contributed by atoms with van der Waals surface area (Å²) in [6.45, 7) is 7.09. The topological polar surface area (TPSA) is 111 Å². The molecule has 0 heterocycles. The van der Waals surface area contributed by atoms with Gasteiger partial charge >= 0.3 is 13.8 Å². The van der Waals surface area contributed by atoms with Crippen molar-refractivity contribution in [3.05, 3.63) is 12.2 Å². The lowest BCUT2D eigenvalue weighted by Gasteiger charge is -2.27. The lowest BCUT2D eigenvalue weighted by atomic mass is 10.0. The minimum Gasteiger partial charge on any atom is -0.456 e. The van der Waals surface area contributed by atoms with Crippen LogP contribution in [0.4, 0.5) is 0 Å². The van der Waals surface area contributed by atoms with Gasteiger partial charge in [-0.1, -0.05) is 329 Å². The number of nitrogens with one attached hydrogen (secondary N) is 1. The van der Waals surface area contributed by atoms with E-state index in [0.717, 1.165) is 57.8 Å². The summed E-state index contributed by atoms with van der Waals surface area (Å²) in [5.41, 5.74) is 0. The van der Waals surface area contributed by atoms with Crippen molar-refractivity contribution in [1.29, 1.82) is 0 Å². The first-order valence-electron chi connectivity index (χ1n) is 34.5. The van der Waals surface area contributed by atoms with E-state index in [9.17, 15) is 19.0 Å². The Kier molecular flexibility index (Phi) is 58.0. The molecule has 0 bridgehead atoms. The third-order valence-electron chi connectivity index (χ3n) is 16.0. The molecule has 0 aliphatic carbocycles. The summed E-state index contributed by atoms with van der Waals surface area (Å²) in [6, 6.07) is -0.840. The lowest BCUT2D eigenvalue weighted by molar-refractivity contribution is -0.870. The van der Waals surface area contributed by atoms with Gasteiger partial charge in [0.2, 0.25) is 5.91 Å². The number of likely N-dealkylation sites (N-methyl/N-ethyl adjacent to an activating group) is 1. The summed E-state index contributed by atoms with van der Waals surface area (Å²) >= 11 is 0. The standard InChI is InChI=1S/C68H135N2O7P/c1-7-10-13-16-19-22-25-28-30-32-34-35-37-38-40-42-45-48-51-54-57-60-67(71)69-65(64-76-78(73,74)75-63-62-70(4,5)6)66(59-56-53-50-47-44-27-24-21-18-15-12-9-3)77-68(72)61-58-55-52-49-46-43-41-39-36-33-31-29-26-23-20-17-14-11-8-2/h56,59,65-66H,7-55,57-58,60-64H2,1-6H3,(H-,69,71,73,74)/p+1/b59-56+. The first kappa shape index (κ1) is 76.8. The Morgan fingerprint density at radius 1 is 0.436 bits per heavy atom. The molecule has 0 saturated carbocycles. The average Bonchev–Trinajstić information content (AvgIpc) is 3.40. The van der Waals surface area contributed by atoms with Gasteiger partial charge in [-0.05, 0) is 31.8 Å². The van der Waals surface area contributed by atoms with Crippen molar-refractivity contribution in [2.75, 3.05) is 40.9 Å². The molecule has 464 valence electrons. The van der Waals surface area contributed by atoms with Crippen LogP contribution >= 0.6 is 7.82 Å². The number of ether oxygens (including phenoxy) is 1. The summed E-state index contributed by atoms with van der Waals surface area (Å²) in [6.07, 6.45) is 69.3. The molecule has 0 fully saturated rings. The highest BCUT2D eigenvalue weighted by molar-refractivity contribution is 7.47. The highest BCUT2D eigenvalue weighted by Gasteiger charge is 2.30. The molecule has 78 heavy (non-hydrogen) atoms. The van der Waals surface area contributed by atoms with Crippen molar-refractivity contribution in [1.82, 2.24) is 5.32 Å². The highest BCUT2D eigenvalue weighted by atomic mass is 31.2. The molecule has 0 radical (unpaired) electrons. The molecule has 1 amide bonds. The van der Waals surface area contributed by atoms with Crippen molar-refractivity contribution in [2.24, 2.45) is 0 Å². The monoisotopic (exact) mass is 1120 g/mol. The zero-order valence-electron chi connectivity index (χ0n) is 53.2. The van der Waals surface area contributed by atoms with E-state index in [2.05, 4.69) is 32.2 Å². The number of amides is 1. The normalized spacial score (nSPS) is 13.6. The van der Waals surface area contributed by atoms with Crippen LogP contribution in [0.2, 0.25) is 0 Å². The Balaban J connectivity index is 5.08. The summed E-state index contributed by atoms with van der Waals surface area (Å²) < 4.78 is 30.8. The van der Waals surface area contributed by atoms with Crippen LogP contribution in [0.3, 0.4) is 0 Å². The molecular formula is C68H136N2O7P+. The molecule has 2 N–H and O–H groups in total. The van der Waals surface area contributed by atoms with Crippen molar-refractivity contribution in [3.63, 3.8) is 0 Å². The van der Waals surface area contributed by atoms with Gasteiger partial charge in [0, 0.05) is 12.8 Å². The quantitative estimate of drug-likeness (QED) is 0.0205.